The highest BCUT2D eigenvalue weighted by Gasteiger charge is 2.35. The average Bonchev–Trinajstić information content (AvgIpc) is 2.97. The number of epoxide rings is 1. The third kappa shape index (κ3) is 2.86. The van der Waals surface area contributed by atoms with Crippen molar-refractivity contribution in [2.45, 2.75) is 59.2 Å². The van der Waals surface area contributed by atoms with E-state index in [1.54, 1.807) is 0 Å². The molecule has 1 saturated heterocycles. The van der Waals surface area contributed by atoms with E-state index < -0.39 is 0 Å². The molecule has 1 aliphatic heterocycles. The molecular formula is C16H24O2. The molecule has 1 aliphatic rings. The molecule has 0 saturated carbocycles. The first-order chi connectivity index (χ1) is 8.52. The quantitative estimate of drug-likeness (QED) is 0.735. The van der Waals surface area contributed by atoms with Gasteiger partial charge in [0.05, 0.1) is 18.8 Å². The molecule has 3 unspecified atom stereocenters. The van der Waals surface area contributed by atoms with Gasteiger partial charge in [-0.2, -0.15) is 0 Å². The van der Waals surface area contributed by atoms with E-state index in [1.807, 2.05) is 6.92 Å². The lowest BCUT2D eigenvalue weighted by molar-refractivity contribution is 0.327. The monoisotopic (exact) mass is 248 g/mol. The summed E-state index contributed by atoms with van der Waals surface area (Å²) in [6, 6.07) is 4.45. The Kier molecular flexibility index (Phi) is 3.96. The Labute approximate surface area is 110 Å². The molecule has 0 aromatic heterocycles. The molecule has 0 amide bonds. The molecule has 0 aliphatic carbocycles. The third-order valence-corrected chi connectivity index (χ3v) is 3.69. The summed E-state index contributed by atoms with van der Waals surface area (Å²) in [5.74, 6) is 1.56. The van der Waals surface area contributed by atoms with E-state index in [1.165, 1.54) is 16.7 Å². The van der Waals surface area contributed by atoms with E-state index in [-0.39, 0.29) is 0 Å². The summed E-state index contributed by atoms with van der Waals surface area (Å²) in [7, 11) is 0. The summed E-state index contributed by atoms with van der Waals surface area (Å²) in [5.41, 5.74) is 3.88. The second-order valence-corrected chi connectivity index (χ2v) is 5.45. The highest BCUT2D eigenvalue weighted by atomic mass is 16.6. The molecule has 1 aromatic rings. The molecule has 2 nitrogen and oxygen atoms in total. The maximum absolute atomic E-state index is 5.83. The first-order valence-electron chi connectivity index (χ1n) is 6.92. The minimum atomic E-state index is 0.439. The van der Waals surface area contributed by atoms with Crippen LogP contribution in [0, 0.1) is 13.8 Å². The van der Waals surface area contributed by atoms with Gasteiger partial charge in [-0.3, -0.25) is 0 Å². The number of ether oxygens (including phenoxy) is 2. The van der Waals surface area contributed by atoms with E-state index in [0.717, 1.165) is 18.8 Å². The van der Waals surface area contributed by atoms with Crippen LogP contribution in [0.15, 0.2) is 12.1 Å². The Hall–Kier alpha value is -1.02. The van der Waals surface area contributed by atoms with Gasteiger partial charge in [0.15, 0.2) is 0 Å². The van der Waals surface area contributed by atoms with E-state index in [4.69, 9.17) is 9.47 Å². The van der Waals surface area contributed by atoms with Gasteiger partial charge in [-0.05, 0) is 51.2 Å². The number of hydrogen-bond acceptors (Lipinski definition) is 2. The Balaban J connectivity index is 2.23. The summed E-state index contributed by atoms with van der Waals surface area (Å²) in [4.78, 5) is 0. The van der Waals surface area contributed by atoms with Gasteiger partial charge in [-0.1, -0.05) is 24.6 Å². The summed E-state index contributed by atoms with van der Waals surface area (Å²) in [5, 5.41) is 0. The molecule has 3 atom stereocenters. The smallest absolute Gasteiger partial charge is 0.125 e. The van der Waals surface area contributed by atoms with Crippen LogP contribution in [0.1, 0.15) is 49.8 Å². The molecule has 1 heterocycles. The van der Waals surface area contributed by atoms with Crippen LogP contribution in [0.5, 0.6) is 5.75 Å². The Morgan fingerprint density at radius 1 is 1.33 bits per heavy atom. The minimum Gasteiger partial charge on any atom is -0.493 e. The van der Waals surface area contributed by atoms with Crippen LogP contribution in [-0.2, 0) is 4.74 Å². The van der Waals surface area contributed by atoms with Crippen LogP contribution in [0.3, 0.4) is 0 Å². The van der Waals surface area contributed by atoms with Gasteiger partial charge >= 0.3 is 0 Å². The van der Waals surface area contributed by atoms with Crippen LogP contribution in [0.2, 0.25) is 0 Å². The summed E-state index contributed by atoms with van der Waals surface area (Å²) >= 11 is 0. The summed E-state index contributed by atoms with van der Waals surface area (Å²) in [6.45, 7) is 11.5. The van der Waals surface area contributed by atoms with Crippen molar-refractivity contribution in [2.75, 3.05) is 6.61 Å². The Morgan fingerprint density at radius 2 is 2.00 bits per heavy atom. The van der Waals surface area contributed by atoms with Crippen molar-refractivity contribution in [1.82, 2.24) is 0 Å². The fraction of sp³-hybridized carbons (Fsp3) is 0.625. The molecular weight excluding hydrogens is 224 g/mol. The van der Waals surface area contributed by atoms with Crippen molar-refractivity contribution in [3.8, 4) is 5.75 Å². The molecule has 1 aromatic carbocycles. The standard InChI is InChI=1S/C16H24O2/c1-6-17-16-12(4)7-10(2)8-14(16)11(3)9-15-13(5)18-15/h7-8,11,13,15H,6,9H2,1-5H3. The highest BCUT2D eigenvalue weighted by Crippen LogP contribution is 2.37. The zero-order chi connectivity index (χ0) is 13.3. The van der Waals surface area contributed by atoms with Crippen LogP contribution >= 0.6 is 0 Å². The minimum absolute atomic E-state index is 0.439. The first-order valence-corrected chi connectivity index (χ1v) is 6.92. The number of hydrogen-bond donors (Lipinski definition) is 0. The molecule has 0 spiro atoms. The van der Waals surface area contributed by atoms with Gasteiger partial charge in [0, 0.05) is 0 Å². The van der Waals surface area contributed by atoms with Crippen molar-refractivity contribution in [1.29, 1.82) is 0 Å². The lowest BCUT2D eigenvalue weighted by Crippen LogP contribution is -2.06. The highest BCUT2D eigenvalue weighted by molar-refractivity contribution is 5.45. The van der Waals surface area contributed by atoms with Crippen LogP contribution in [-0.4, -0.2) is 18.8 Å². The normalized spacial score (nSPS) is 23.8. The fourth-order valence-corrected chi connectivity index (χ4v) is 2.65. The molecule has 0 bridgehead atoms. The number of aryl methyl sites for hydroxylation is 2. The van der Waals surface area contributed by atoms with E-state index >= 15 is 0 Å². The second-order valence-electron chi connectivity index (χ2n) is 5.45. The van der Waals surface area contributed by atoms with Crippen molar-refractivity contribution >= 4 is 0 Å². The maximum atomic E-state index is 5.83. The van der Waals surface area contributed by atoms with Crippen LogP contribution in [0.25, 0.3) is 0 Å². The molecule has 2 heteroatoms. The zero-order valence-electron chi connectivity index (χ0n) is 12.1. The van der Waals surface area contributed by atoms with Crippen LogP contribution in [0.4, 0.5) is 0 Å². The molecule has 0 N–H and O–H groups in total. The van der Waals surface area contributed by atoms with Gasteiger partial charge in [0.2, 0.25) is 0 Å². The van der Waals surface area contributed by atoms with Gasteiger partial charge in [-0.25, -0.2) is 0 Å². The fourth-order valence-electron chi connectivity index (χ4n) is 2.65. The van der Waals surface area contributed by atoms with Gasteiger partial charge in [-0.15, -0.1) is 0 Å². The van der Waals surface area contributed by atoms with E-state index in [0.29, 0.717) is 18.1 Å². The molecule has 0 radical (unpaired) electrons. The Morgan fingerprint density at radius 3 is 2.56 bits per heavy atom. The summed E-state index contributed by atoms with van der Waals surface area (Å²) < 4.78 is 11.4. The number of benzene rings is 1. The van der Waals surface area contributed by atoms with Gasteiger partial charge in [0.1, 0.15) is 5.75 Å². The largest absolute Gasteiger partial charge is 0.493 e. The molecule has 1 fully saturated rings. The SMILES string of the molecule is CCOc1c(C)cc(C)cc1C(C)CC1OC1C. The maximum Gasteiger partial charge on any atom is 0.125 e. The van der Waals surface area contributed by atoms with Gasteiger partial charge in [0.25, 0.3) is 0 Å². The van der Waals surface area contributed by atoms with Crippen LogP contribution < -0.4 is 4.74 Å². The predicted molar refractivity (Wildman–Crippen MR) is 74.5 cm³/mol. The molecule has 18 heavy (non-hydrogen) atoms. The lowest BCUT2D eigenvalue weighted by atomic mass is 9.91. The van der Waals surface area contributed by atoms with E-state index in [2.05, 4.69) is 39.8 Å². The average molecular weight is 248 g/mol. The van der Waals surface area contributed by atoms with Crippen molar-refractivity contribution in [3.63, 3.8) is 0 Å². The number of rotatable bonds is 5. The Bertz CT molecular complexity index is 425. The van der Waals surface area contributed by atoms with Gasteiger partial charge < -0.3 is 9.47 Å². The van der Waals surface area contributed by atoms with E-state index in [9.17, 15) is 0 Å². The van der Waals surface area contributed by atoms with Crippen molar-refractivity contribution < 1.29 is 9.47 Å². The molecule has 100 valence electrons. The third-order valence-electron chi connectivity index (χ3n) is 3.69. The van der Waals surface area contributed by atoms with Crippen molar-refractivity contribution in [2.24, 2.45) is 0 Å². The lowest BCUT2D eigenvalue weighted by Gasteiger charge is -2.19. The topological polar surface area (TPSA) is 21.8 Å². The van der Waals surface area contributed by atoms with Crippen molar-refractivity contribution in [3.05, 3.63) is 28.8 Å². The first kappa shape index (κ1) is 13.4. The summed E-state index contributed by atoms with van der Waals surface area (Å²) in [6.07, 6.45) is 1.97. The zero-order valence-corrected chi connectivity index (χ0v) is 12.1. The second kappa shape index (κ2) is 5.31. The molecule has 2 rings (SSSR count). The predicted octanol–water partition coefficient (Wildman–Crippen LogP) is 3.98.